The van der Waals surface area contributed by atoms with Crippen LogP contribution in [0.2, 0.25) is 0 Å². The molecule has 0 fully saturated rings. The molecule has 1 aliphatic rings. The SMILES string of the molecule is CCOC(=O)c1ccc(NC(=O)C[C@H]2C(=O)Nc3c(C)c(-c4ccc(OC)cc4)nn32)cc1. The third kappa shape index (κ3) is 4.43. The number of esters is 1. The van der Waals surface area contributed by atoms with E-state index in [0.717, 1.165) is 22.6 Å². The molecule has 170 valence electrons. The van der Waals surface area contributed by atoms with Crippen LogP contribution in [0.1, 0.15) is 35.3 Å². The Labute approximate surface area is 190 Å². The molecule has 2 N–H and O–H groups in total. The van der Waals surface area contributed by atoms with E-state index >= 15 is 0 Å². The molecule has 0 unspecified atom stereocenters. The topological polar surface area (TPSA) is 112 Å². The first-order valence-electron chi connectivity index (χ1n) is 10.5. The Kier molecular flexibility index (Phi) is 6.12. The van der Waals surface area contributed by atoms with Crippen LogP contribution in [0.15, 0.2) is 48.5 Å². The third-order valence-electron chi connectivity index (χ3n) is 5.41. The molecule has 0 aliphatic carbocycles. The fourth-order valence-electron chi connectivity index (χ4n) is 3.70. The van der Waals surface area contributed by atoms with Gasteiger partial charge in [-0.25, -0.2) is 9.48 Å². The standard InChI is InChI=1S/C24H24N4O5/c1-4-33-24(31)16-5-9-17(10-6-16)25-20(29)13-19-23(30)26-22-14(2)21(27-28(19)22)15-7-11-18(32-3)12-8-15/h5-12,19H,4,13H2,1-3H3,(H,25,29)(H,26,30)/t19-/m0/s1. The number of benzene rings is 2. The summed E-state index contributed by atoms with van der Waals surface area (Å²) >= 11 is 0. The molecule has 0 radical (unpaired) electrons. The van der Waals surface area contributed by atoms with Crippen LogP contribution in [0.3, 0.4) is 0 Å². The number of hydrogen-bond donors (Lipinski definition) is 2. The molecule has 0 saturated carbocycles. The van der Waals surface area contributed by atoms with Crippen molar-refractivity contribution in [3.8, 4) is 17.0 Å². The Morgan fingerprint density at radius 2 is 1.82 bits per heavy atom. The lowest BCUT2D eigenvalue weighted by atomic mass is 10.1. The predicted octanol–water partition coefficient (Wildman–Crippen LogP) is 3.57. The number of anilines is 2. The molecule has 0 spiro atoms. The number of carbonyl (C=O) groups excluding carboxylic acids is 3. The molecule has 2 heterocycles. The number of fused-ring (bicyclic) bond motifs is 1. The predicted molar refractivity (Wildman–Crippen MR) is 122 cm³/mol. The van der Waals surface area contributed by atoms with Crippen molar-refractivity contribution in [2.24, 2.45) is 0 Å². The minimum absolute atomic E-state index is 0.0817. The molecule has 0 bridgehead atoms. The van der Waals surface area contributed by atoms with Crippen LogP contribution in [0, 0.1) is 6.92 Å². The smallest absolute Gasteiger partial charge is 0.338 e. The monoisotopic (exact) mass is 448 g/mol. The molecule has 3 aromatic rings. The van der Waals surface area contributed by atoms with Crippen molar-refractivity contribution in [2.75, 3.05) is 24.4 Å². The highest BCUT2D eigenvalue weighted by Gasteiger charge is 2.35. The van der Waals surface area contributed by atoms with E-state index in [1.807, 2.05) is 31.2 Å². The lowest BCUT2D eigenvalue weighted by Gasteiger charge is -2.11. The second-order valence-corrected chi connectivity index (χ2v) is 7.55. The van der Waals surface area contributed by atoms with Crippen molar-refractivity contribution in [1.82, 2.24) is 9.78 Å². The molecule has 1 atom stereocenters. The Balaban J connectivity index is 1.48. The van der Waals surface area contributed by atoms with Gasteiger partial charge in [0.1, 0.15) is 17.6 Å². The van der Waals surface area contributed by atoms with Gasteiger partial charge in [-0.15, -0.1) is 0 Å². The number of nitrogens with zero attached hydrogens (tertiary/aromatic N) is 2. The molecular formula is C24H24N4O5. The van der Waals surface area contributed by atoms with Crippen molar-refractivity contribution in [3.63, 3.8) is 0 Å². The van der Waals surface area contributed by atoms with Crippen LogP contribution in [0.4, 0.5) is 11.5 Å². The Bertz CT molecular complexity index is 1200. The summed E-state index contributed by atoms with van der Waals surface area (Å²) in [7, 11) is 1.60. The average molecular weight is 448 g/mol. The first-order chi connectivity index (χ1) is 15.9. The molecule has 4 rings (SSSR count). The molecular weight excluding hydrogens is 424 g/mol. The van der Waals surface area contributed by atoms with Crippen LogP contribution in [-0.4, -0.2) is 41.3 Å². The number of carbonyl (C=O) groups is 3. The van der Waals surface area contributed by atoms with E-state index in [9.17, 15) is 14.4 Å². The Hall–Kier alpha value is -4.14. The van der Waals surface area contributed by atoms with Gasteiger partial charge in [0.2, 0.25) is 5.91 Å². The van der Waals surface area contributed by atoms with Crippen molar-refractivity contribution in [3.05, 3.63) is 59.7 Å². The summed E-state index contributed by atoms with van der Waals surface area (Å²) in [6.45, 7) is 3.90. The normalized spacial score (nSPS) is 14.4. The Morgan fingerprint density at radius 1 is 1.12 bits per heavy atom. The zero-order chi connectivity index (χ0) is 23.5. The maximum atomic E-state index is 12.6. The van der Waals surface area contributed by atoms with E-state index < -0.39 is 12.0 Å². The molecule has 1 aromatic heterocycles. The summed E-state index contributed by atoms with van der Waals surface area (Å²) in [6, 6.07) is 13.1. The number of aromatic nitrogens is 2. The molecule has 1 aliphatic heterocycles. The fraction of sp³-hybridized carbons (Fsp3) is 0.250. The summed E-state index contributed by atoms with van der Waals surface area (Å²) in [5.74, 6) is 0.275. The molecule has 2 amide bonds. The van der Waals surface area contributed by atoms with E-state index in [1.165, 1.54) is 0 Å². The van der Waals surface area contributed by atoms with E-state index in [2.05, 4.69) is 15.7 Å². The van der Waals surface area contributed by atoms with Gasteiger partial charge in [0, 0.05) is 16.8 Å². The maximum absolute atomic E-state index is 12.6. The summed E-state index contributed by atoms with van der Waals surface area (Å²) in [4.78, 5) is 36.9. The minimum Gasteiger partial charge on any atom is -0.497 e. The summed E-state index contributed by atoms with van der Waals surface area (Å²) in [5, 5.41) is 10.2. The lowest BCUT2D eigenvalue weighted by Crippen LogP contribution is -2.23. The van der Waals surface area contributed by atoms with Crippen LogP contribution in [0.25, 0.3) is 11.3 Å². The molecule has 9 heteroatoms. The third-order valence-corrected chi connectivity index (χ3v) is 5.41. The average Bonchev–Trinajstić information content (AvgIpc) is 3.29. The van der Waals surface area contributed by atoms with E-state index in [1.54, 1.807) is 43.0 Å². The zero-order valence-electron chi connectivity index (χ0n) is 18.5. The summed E-state index contributed by atoms with van der Waals surface area (Å²) in [6.07, 6.45) is -0.0817. The molecule has 2 aromatic carbocycles. The van der Waals surface area contributed by atoms with Crippen molar-refractivity contribution >= 4 is 29.3 Å². The Morgan fingerprint density at radius 3 is 2.45 bits per heavy atom. The second-order valence-electron chi connectivity index (χ2n) is 7.55. The number of methoxy groups -OCH3 is 1. The van der Waals surface area contributed by atoms with Gasteiger partial charge < -0.3 is 20.1 Å². The largest absolute Gasteiger partial charge is 0.497 e. The highest BCUT2D eigenvalue weighted by molar-refractivity contribution is 6.02. The van der Waals surface area contributed by atoms with Gasteiger partial charge in [-0.3, -0.25) is 9.59 Å². The number of rotatable bonds is 7. The second kappa shape index (κ2) is 9.15. The van der Waals surface area contributed by atoms with E-state index in [4.69, 9.17) is 9.47 Å². The van der Waals surface area contributed by atoms with E-state index in [0.29, 0.717) is 17.1 Å². The highest BCUT2D eigenvalue weighted by Crippen LogP contribution is 2.36. The van der Waals surface area contributed by atoms with Crippen LogP contribution < -0.4 is 15.4 Å². The maximum Gasteiger partial charge on any atom is 0.338 e. The summed E-state index contributed by atoms with van der Waals surface area (Å²) in [5.41, 5.74) is 3.35. The first kappa shape index (κ1) is 22.1. The minimum atomic E-state index is -0.760. The van der Waals surface area contributed by atoms with Gasteiger partial charge >= 0.3 is 5.97 Å². The van der Waals surface area contributed by atoms with Crippen molar-refractivity contribution in [2.45, 2.75) is 26.3 Å². The van der Waals surface area contributed by atoms with Crippen molar-refractivity contribution in [1.29, 1.82) is 0 Å². The van der Waals surface area contributed by atoms with Crippen LogP contribution in [0.5, 0.6) is 5.75 Å². The van der Waals surface area contributed by atoms with Gasteiger partial charge in [0.15, 0.2) is 0 Å². The van der Waals surface area contributed by atoms with Gasteiger partial charge in [-0.2, -0.15) is 5.10 Å². The van der Waals surface area contributed by atoms with Gasteiger partial charge in [0.25, 0.3) is 5.91 Å². The van der Waals surface area contributed by atoms with Crippen LogP contribution in [-0.2, 0) is 14.3 Å². The number of amides is 2. The van der Waals surface area contributed by atoms with Gasteiger partial charge in [0.05, 0.1) is 31.4 Å². The number of ether oxygens (including phenoxy) is 2. The lowest BCUT2D eigenvalue weighted by molar-refractivity contribution is -0.123. The van der Waals surface area contributed by atoms with E-state index in [-0.39, 0.29) is 24.8 Å². The quantitative estimate of drug-likeness (QED) is 0.535. The van der Waals surface area contributed by atoms with Crippen LogP contribution >= 0.6 is 0 Å². The highest BCUT2D eigenvalue weighted by atomic mass is 16.5. The number of hydrogen-bond acceptors (Lipinski definition) is 6. The molecule has 0 saturated heterocycles. The van der Waals surface area contributed by atoms with Gasteiger partial charge in [-0.1, -0.05) is 0 Å². The molecule has 9 nitrogen and oxygen atoms in total. The van der Waals surface area contributed by atoms with Crippen molar-refractivity contribution < 1.29 is 23.9 Å². The zero-order valence-corrected chi connectivity index (χ0v) is 18.5. The van der Waals surface area contributed by atoms with Gasteiger partial charge in [-0.05, 0) is 62.4 Å². The molecule has 33 heavy (non-hydrogen) atoms. The summed E-state index contributed by atoms with van der Waals surface area (Å²) < 4.78 is 11.7. The number of nitrogens with one attached hydrogen (secondary N) is 2. The fourth-order valence-corrected chi connectivity index (χ4v) is 3.70. The first-order valence-corrected chi connectivity index (χ1v) is 10.5.